The first-order valence-corrected chi connectivity index (χ1v) is 11.7. The van der Waals surface area contributed by atoms with Crippen molar-refractivity contribution in [3.8, 4) is 11.3 Å². The molecular formula is C27H32N2O2. The second-order valence-corrected chi connectivity index (χ2v) is 9.44. The molecule has 4 nitrogen and oxygen atoms in total. The predicted molar refractivity (Wildman–Crippen MR) is 126 cm³/mol. The highest BCUT2D eigenvalue weighted by Crippen LogP contribution is 2.39. The lowest BCUT2D eigenvalue weighted by molar-refractivity contribution is 0.0535. The predicted octanol–water partition coefficient (Wildman–Crippen LogP) is 6.22. The summed E-state index contributed by atoms with van der Waals surface area (Å²) >= 11 is 0. The molecule has 0 atom stereocenters. The van der Waals surface area contributed by atoms with E-state index in [-0.39, 0.29) is 5.97 Å². The molecule has 0 unspecified atom stereocenters. The maximum atomic E-state index is 11.8. The van der Waals surface area contributed by atoms with Gasteiger partial charge in [-0.15, -0.1) is 0 Å². The monoisotopic (exact) mass is 416 g/mol. The Morgan fingerprint density at radius 2 is 1.94 bits per heavy atom. The molecule has 162 valence electrons. The molecule has 0 radical (unpaired) electrons. The number of nitrogens with zero attached hydrogens (tertiary/aromatic N) is 1. The molecule has 0 saturated carbocycles. The van der Waals surface area contributed by atoms with Crippen molar-refractivity contribution in [1.82, 2.24) is 9.88 Å². The number of hydrogen-bond acceptors (Lipinski definition) is 3. The van der Waals surface area contributed by atoms with E-state index in [1.54, 1.807) is 0 Å². The summed E-state index contributed by atoms with van der Waals surface area (Å²) in [5, 5.41) is 1.34. The van der Waals surface area contributed by atoms with Crippen molar-refractivity contribution in [3.63, 3.8) is 0 Å². The fourth-order valence-corrected chi connectivity index (χ4v) is 5.41. The van der Waals surface area contributed by atoms with Gasteiger partial charge in [-0.3, -0.25) is 0 Å². The summed E-state index contributed by atoms with van der Waals surface area (Å²) in [6.45, 7) is 10.8. The number of aromatic nitrogens is 1. The Bertz CT molecular complexity index is 1120. The van der Waals surface area contributed by atoms with Crippen LogP contribution in [0.5, 0.6) is 0 Å². The summed E-state index contributed by atoms with van der Waals surface area (Å²) in [6.07, 6.45) is 3.74. The number of ether oxygens (including phenoxy) is 1. The first kappa shape index (κ1) is 20.3. The Labute approximate surface area is 184 Å². The van der Waals surface area contributed by atoms with Crippen molar-refractivity contribution in [3.05, 3.63) is 58.7 Å². The van der Waals surface area contributed by atoms with E-state index in [0.29, 0.717) is 24.0 Å². The van der Waals surface area contributed by atoms with Gasteiger partial charge in [-0.1, -0.05) is 32.9 Å². The molecule has 31 heavy (non-hydrogen) atoms. The molecule has 2 aliphatic rings. The van der Waals surface area contributed by atoms with E-state index in [1.807, 2.05) is 12.1 Å². The van der Waals surface area contributed by atoms with Crippen LogP contribution in [0.4, 0.5) is 0 Å². The highest BCUT2D eigenvalue weighted by atomic mass is 16.5. The van der Waals surface area contributed by atoms with Crippen LogP contribution in [0.1, 0.15) is 78.9 Å². The van der Waals surface area contributed by atoms with E-state index in [0.717, 1.165) is 11.1 Å². The molecule has 1 aromatic heterocycles. The Kier molecular flexibility index (Phi) is 5.35. The van der Waals surface area contributed by atoms with Crippen molar-refractivity contribution < 1.29 is 9.53 Å². The highest BCUT2D eigenvalue weighted by molar-refractivity contribution is 5.96. The van der Waals surface area contributed by atoms with Gasteiger partial charge in [0.15, 0.2) is 0 Å². The maximum Gasteiger partial charge on any atom is 0.338 e. The number of hydrogen-bond donors (Lipinski definition) is 1. The number of esters is 1. The number of aromatic amines is 1. The number of benzene rings is 2. The van der Waals surface area contributed by atoms with Crippen LogP contribution in [0.2, 0.25) is 0 Å². The first-order chi connectivity index (χ1) is 15.0. The van der Waals surface area contributed by atoms with E-state index < -0.39 is 0 Å². The van der Waals surface area contributed by atoms with Gasteiger partial charge in [0.2, 0.25) is 0 Å². The van der Waals surface area contributed by atoms with Gasteiger partial charge in [-0.05, 0) is 91.7 Å². The topological polar surface area (TPSA) is 45.3 Å². The van der Waals surface area contributed by atoms with Crippen molar-refractivity contribution >= 4 is 16.9 Å². The van der Waals surface area contributed by atoms with Crippen LogP contribution >= 0.6 is 0 Å². The summed E-state index contributed by atoms with van der Waals surface area (Å²) in [4.78, 5) is 18.1. The molecule has 2 aromatic carbocycles. The number of likely N-dealkylation sites (tertiary alicyclic amines) is 1. The van der Waals surface area contributed by atoms with Crippen LogP contribution in [0.15, 0.2) is 36.4 Å². The molecule has 2 aliphatic heterocycles. The maximum absolute atomic E-state index is 11.8. The highest BCUT2D eigenvalue weighted by Gasteiger charge is 2.24. The van der Waals surface area contributed by atoms with Gasteiger partial charge in [0.1, 0.15) is 6.61 Å². The number of carbonyl (C=O) groups excluding carboxylic acids is 1. The number of cyclic esters (lactones) is 1. The van der Waals surface area contributed by atoms with Crippen molar-refractivity contribution in [2.75, 3.05) is 19.6 Å². The van der Waals surface area contributed by atoms with Gasteiger partial charge in [0.25, 0.3) is 0 Å². The molecule has 0 bridgehead atoms. The van der Waals surface area contributed by atoms with Gasteiger partial charge in [-0.2, -0.15) is 0 Å². The lowest BCUT2D eigenvalue weighted by Crippen LogP contribution is -2.33. The van der Waals surface area contributed by atoms with E-state index >= 15 is 0 Å². The molecule has 0 spiro atoms. The zero-order chi connectivity index (χ0) is 21.5. The van der Waals surface area contributed by atoms with Crippen molar-refractivity contribution in [2.45, 2.75) is 58.5 Å². The third-order valence-corrected chi connectivity index (χ3v) is 7.01. The molecule has 5 rings (SSSR count). The molecule has 4 heteroatoms. The number of fused-ring (bicyclic) bond motifs is 2. The SMILES string of the molecule is CCCN1CCC(c2ccc3[nH]c(-c4ccc5c(c4)COC5=O)c(C(C)C)c3c2)CC1. The molecule has 3 heterocycles. The van der Waals surface area contributed by atoms with Crippen LogP contribution in [0.3, 0.4) is 0 Å². The number of nitrogens with one attached hydrogen (secondary N) is 1. The minimum absolute atomic E-state index is 0.211. The molecule has 1 saturated heterocycles. The van der Waals surface area contributed by atoms with Gasteiger partial charge < -0.3 is 14.6 Å². The van der Waals surface area contributed by atoms with Gasteiger partial charge in [-0.25, -0.2) is 4.79 Å². The molecule has 0 aliphatic carbocycles. The Balaban J connectivity index is 1.51. The van der Waals surface area contributed by atoms with Crippen LogP contribution in [0, 0.1) is 0 Å². The summed E-state index contributed by atoms with van der Waals surface area (Å²) in [7, 11) is 0. The van der Waals surface area contributed by atoms with E-state index in [9.17, 15) is 4.79 Å². The number of H-pyrrole nitrogens is 1. The minimum atomic E-state index is -0.211. The molecule has 3 aromatic rings. The average Bonchev–Trinajstić information content (AvgIpc) is 3.34. The van der Waals surface area contributed by atoms with Crippen LogP contribution < -0.4 is 0 Å². The number of carbonyl (C=O) groups is 1. The van der Waals surface area contributed by atoms with E-state index in [4.69, 9.17) is 4.74 Å². The Morgan fingerprint density at radius 3 is 2.68 bits per heavy atom. The lowest BCUT2D eigenvalue weighted by Gasteiger charge is -2.32. The smallest absolute Gasteiger partial charge is 0.338 e. The standard InChI is InChI=1S/C27H32N2O2/c1-4-11-29-12-9-18(10-13-29)19-6-8-24-23(15-19)25(17(2)3)26(28-24)20-5-7-22-21(14-20)16-31-27(22)30/h5-8,14-15,17-18,28H,4,9-13,16H2,1-3H3. The fraction of sp³-hybridized carbons (Fsp3) is 0.444. The van der Waals surface area contributed by atoms with Crippen molar-refractivity contribution in [2.24, 2.45) is 0 Å². The van der Waals surface area contributed by atoms with E-state index in [2.05, 4.69) is 54.9 Å². The zero-order valence-electron chi connectivity index (χ0n) is 18.8. The Morgan fingerprint density at radius 1 is 1.13 bits per heavy atom. The number of piperidine rings is 1. The normalized spacial score (nSPS) is 17.5. The van der Waals surface area contributed by atoms with E-state index in [1.165, 1.54) is 66.6 Å². The summed E-state index contributed by atoms with van der Waals surface area (Å²) in [6, 6.07) is 13.1. The van der Waals surface area contributed by atoms with Crippen LogP contribution in [0.25, 0.3) is 22.2 Å². The molecular weight excluding hydrogens is 384 g/mol. The quantitative estimate of drug-likeness (QED) is 0.502. The van der Waals surface area contributed by atoms with Crippen LogP contribution in [-0.2, 0) is 11.3 Å². The van der Waals surface area contributed by atoms with Gasteiger partial charge in [0.05, 0.1) is 5.56 Å². The first-order valence-electron chi connectivity index (χ1n) is 11.7. The summed E-state index contributed by atoms with van der Waals surface area (Å²) < 4.78 is 5.20. The zero-order valence-corrected chi connectivity index (χ0v) is 18.8. The minimum Gasteiger partial charge on any atom is -0.457 e. The number of rotatable bonds is 5. The van der Waals surface area contributed by atoms with Gasteiger partial charge in [0, 0.05) is 22.2 Å². The second kappa shape index (κ2) is 8.16. The Hall–Kier alpha value is -2.59. The fourth-order valence-electron chi connectivity index (χ4n) is 5.41. The third-order valence-electron chi connectivity index (χ3n) is 7.01. The molecule has 0 amide bonds. The molecule has 1 fully saturated rings. The summed E-state index contributed by atoms with van der Waals surface area (Å²) in [5.41, 5.74) is 8.01. The second-order valence-electron chi connectivity index (χ2n) is 9.44. The summed E-state index contributed by atoms with van der Waals surface area (Å²) in [5.74, 6) is 0.840. The third kappa shape index (κ3) is 3.67. The average molecular weight is 417 g/mol. The molecule has 1 N–H and O–H groups in total. The van der Waals surface area contributed by atoms with Crippen LogP contribution in [-0.4, -0.2) is 35.5 Å². The van der Waals surface area contributed by atoms with Crippen molar-refractivity contribution in [1.29, 1.82) is 0 Å². The van der Waals surface area contributed by atoms with Gasteiger partial charge >= 0.3 is 5.97 Å². The largest absolute Gasteiger partial charge is 0.457 e. The lowest BCUT2D eigenvalue weighted by atomic mass is 9.87.